The van der Waals surface area contributed by atoms with Crippen molar-refractivity contribution in [1.82, 2.24) is 5.32 Å². The van der Waals surface area contributed by atoms with Crippen molar-refractivity contribution in [2.45, 2.75) is 12.5 Å². The SMILES string of the molecule is CSCCC(NC(=O)c1ccccc1)C(=O)Nc1ccc(OCC#N)cc1. The number of nitrogens with one attached hydrogen (secondary N) is 2. The summed E-state index contributed by atoms with van der Waals surface area (Å²) in [6, 6.07) is 16.8. The standard InChI is InChI=1S/C20H21N3O3S/c1-27-14-11-18(23-19(24)15-5-3-2-4-6-15)20(25)22-16-7-9-17(10-8-16)26-13-12-21/h2-10,18H,11,13-14H2,1H3,(H,22,25)(H,23,24). The van der Waals surface area contributed by atoms with Crippen molar-refractivity contribution in [3.05, 3.63) is 60.2 Å². The van der Waals surface area contributed by atoms with Gasteiger partial charge in [0.2, 0.25) is 5.91 Å². The smallest absolute Gasteiger partial charge is 0.251 e. The van der Waals surface area contributed by atoms with Gasteiger partial charge in [-0.25, -0.2) is 0 Å². The largest absolute Gasteiger partial charge is 0.479 e. The summed E-state index contributed by atoms with van der Waals surface area (Å²) in [6.45, 7) is -0.0337. The predicted octanol–water partition coefficient (Wildman–Crippen LogP) is 3.08. The maximum Gasteiger partial charge on any atom is 0.251 e. The number of hydrogen-bond donors (Lipinski definition) is 2. The quantitative estimate of drug-likeness (QED) is 0.694. The Labute approximate surface area is 162 Å². The molecule has 0 bridgehead atoms. The molecule has 1 unspecified atom stereocenters. The van der Waals surface area contributed by atoms with Crippen molar-refractivity contribution >= 4 is 29.3 Å². The molecule has 1 atom stereocenters. The molecule has 0 heterocycles. The topological polar surface area (TPSA) is 91.2 Å². The third-order valence-electron chi connectivity index (χ3n) is 3.69. The molecule has 0 saturated carbocycles. The van der Waals surface area contributed by atoms with Gasteiger partial charge in [0.15, 0.2) is 6.61 Å². The van der Waals surface area contributed by atoms with Crippen molar-refractivity contribution < 1.29 is 14.3 Å². The lowest BCUT2D eigenvalue weighted by molar-refractivity contribution is -0.118. The molecule has 2 aromatic rings. The number of carbonyl (C=O) groups excluding carboxylic acids is 2. The average molecular weight is 383 g/mol. The van der Waals surface area contributed by atoms with Crippen LogP contribution in [0.15, 0.2) is 54.6 Å². The van der Waals surface area contributed by atoms with Crippen LogP contribution in [0.25, 0.3) is 0 Å². The summed E-state index contributed by atoms with van der Waals surface area (Å²) in [7, 11) is 0. The summed E-state index contributed by atoms with van der Waals surface area (Å²) >= 11 is 1.61. The van der Waals surface area contributed by atoms with Crippen LogP contribution in [0.3, 0.4) is 0 Å². The zero-order valence-corrected chi connectivity index (χ0v) is 15.8. The molecule has 0 saturated heterocycles. The molecule has 6 nitrogen and oxygen atoms in total. The number of ether oxygens (including phenoxy) is 1. The molecule has 0 fully saturated rings. The van der Waals surface area contributed by atoms with E-state index in [1.54, 1.807) is 60.3 Å². The van der Waals surface area contributed by atoms with Gasteiger partial charge >= 0.3 is 0 Å². The third-order valence-corrected chi connectivity index (χ3v) is 4.34. The Balaban J connectivity index is 2.01. The fraction of sp³-hybridized carbons (Fsp3) is 0.250. The highest BCUT2D eigenvalue weighted by Crippen LogP contribution is 2.16. The Morgan fingerprint density at radius 1 is 1.15 bits per heavy atom. The fourth-order valence-corrected chi connectivity index (χ4v) is 2.79. The zero-order chi connectivity index (χ0) is 19.5. The summed E-state index contributed by atoms with van der Waals surface area (Å²) in [6.07, 6.45) is 2.48. The summed E-state index contributed by atoms with van der Waals surface area (Å²) in [4.78, 5) is 25.0. The van der Waals surface area contributed by atoms with E-state index in [1.807, 2.05) is 18.4 Å². The normalized spacial score (nSPS) is 11.1. The van der Waals surface area contributed by atoms with Crippen LogP contribution in [0.2, 0.25) is 0 Å². The second kappa shape index (κ2) is 10.9. The first-order chi connectivity index (χ1) is 13.1. The Morgan fingerprint density at radius 2 is 1.85 bits per heavy atom. The van der Waals surface area contributed by atoms with Crippen LogP contribution in [-0.4, -0.2) is 36.5 Å². The lowest BCUT2D eigenvalue weighted by Crippen LogP contribution is -2.44. The number of amides is 2. The van der Waals surface area contributed by atoms with Crippen LogP contribution in [0.1, 0.15) is 16.8 Å². The Bertz CT molecular complexity index is 788. The summed E-state index contributed by atoms with van der Waals surface area (Å²) < 4.78 is 5.18. The van der Waals surface area contributed by atoms with Gasteiger partial charge in [-0.3, -0.25) is 9.59 Å². The van der Waals surface area contributed by atoms with Gasteiger partial charge in [-0.2, -0.15) is 17.0 Å². The number of nitrogens with zero attached hydrogens (tertiary/aromatic N) is 1. The van der Waals surface area contributed by atoms with Gasteiger partial charge in [0, 0.05) is 11.3 Å². The van der Waals surface area contributed by atoms with Gasteiger partial charge in [0.1, 0.15) is 17.9 Å². The maximum absolute atomic E-state index is 12.6. The molecule has 2 rings (SSSR count). The second-order valence-corrected chi connectivity index (χ2v) is 6.62. The molecule has 7 heteroatoms. The van der Waals surface area contributed by atoms with Gasteiger partial charge in [-0.05, 0) is 54.8 Å². The highest BCUT2D eigenvalue weighted by atomic mass is 32.2. The highest BCUT2D eigenvalue weighted by Gasteiger charge is 2.21. The van der Waals surface area contributed by atoms with E-state index in [1.165, 1.54) is 0 Å². The van der Waals surface area contributed by atoms with E-state index >= 15 is 0 Å². The van der Waals surface area contributed by atoms with Gasteiger partial charge in [0.05, 0.1) is 0 Å². The van der Waals surface area contributed by atoms with Crippen LogP contribution in [0.4, 0.5) is 5.69 Å². The predicted molar refractivity (Wildman–Crippen MR) is 107 cm³/mol. The molecule has 0 aliphatic rings. The van der Waals surface area contributed by atoms with Crippen LogP contribution in [0, 0.1) is 11.3 Å². The summed E-state index contributed by atoms with van der Waals surface area (Å²) in [5.74, 6) is 0.732. The maximum atomic E-state index is 12.6. The van der Waals surface area contributed by atoms with E-state index in [0.717, 1.165) is 5.75 Å². The summed E-state index contributed by atoms with van der Waals surface area (Å²) in [5, 5.41) is 14.1. The number of anilines is 1. The van der Waals surface area contributed by atoms with E-state index in [9.17, 15) is 9.59 Å². The Kier molecular flexibility index (Phi) is 8.20. The molecule has 2 aromatic carbocycles. The van der Waals surface area contributed by atoms with E-state index in [0.29, 0.717) is 23.4 Å². The van der Waals surface area contributed by atoms with Crippen LogP contribution >= 0.6 is 11.8 Å². The van der Waals surface area contributed by atoms with E-state index in [-0.39, 0.29) is 18.4 Å². The minimum Gasteiger partial charge on any atom is -0.479 e. The number of hydrogen-bond acceptors (Lipinski definition) is 5. The van der Waals surface area contributed by atoms with Crippen LogP contribution in [-0.2, 0) is 4.79 Å². The molecular weight excluding hydrogens is 362 g/mol. The molecule has 0 aromatic heterocycles. The van der Waals surface area contributed by atoms with Crippen molar-refractivity contribution in [3.8, 4) is 11.8 Å². The van der Waals surface area contributed by atoms with E-state index in [4.69, 9.17) is 10.00 Å². The second-order valence-electron chi connectivity index (χ2n) is 5.63. The van der Waals surface area contributed by atoms with Crippen molar-refractivity contribution in [2.75, 3.05) is 23.9 Å². The lowest BCUT2D eigenvalue weighted by Gasteiger charge is -2.18. The minimum atomic E-state index is -0.639. The van der Waals surface area contributed by atoms with Crippen LogP contribution < -0.4 is 15.4 Å². The molecule has 0 radical (unpaired) electrons. The molecule has 27 heavy (non-hydrogen) atoms. The van der Waals surface area contributed by atoms with Crippen molar-refractivity contribution in [2.24, 2.45) is 0 Å². The molecule has 0 aliphatic heterocycles. The van der Waals surface area contributed by atoms with Gasteiger partial charge < -0.3 is 15.4 Å². The number of benzene rings is 2. The molecule has 0 aliphatic carbocycles. The monoisotopic (exact) mass is 383 g/mol. The first kappa shape index (κ1) is 20.3. The highest BCUT2D eigenvalue weighted by molar-refractivity contribution is 7.98. The van der Waals surface area contributed by atoms with E-state index in [2.05, 4.69) is 10.6 Å². The lowest BCUT2D eigenvalue weighted by atomic mass is 10.1. The van der Waals surface area contributed by atoms with Crippen LogP contribution in [0.5, 0.6) is 5.75 Å². The minimum absolute atomic E-state index is 0.0337. The van der Waals surface area contributed by atoms with Crippen molar-refractivity contribution in [3.63, 3.8) is 0 Å². The van der Waals surface area contributed by atoms with Gasteiger partial charge in [-0.1, -0.05) is 18.2 Å². The third kappa shape index (κ3) is 6.68. The molecule has 2 N–H and O–H groups in total. The van der Waals surface area contributed by atoms with E-state index < -0.39 is 6.04 Å². The number of thioether (sulfide) groups is 1. The fourth-order valence-electron chi connectivity index (χ4n) is 2.32. The molecule has 2 amide bonds. The molecular formula is C20H21N3O3S. The Morgan fingerprint density at radius 3 is 2.48 bits per heavy atom. The number of rotatable bonds is 9. The number of nitriles is 1. The first-order valence-electron chi connectivity index (χ1n) is 8.39. The molecule has 0 spiro atoms. The molecule has 140 valence electrons. The van der Waals surface area contributed by atoms with Crippen molar-refractivity contribution in [1.29, 1.82) is 5.26 Å². The van der Waals surface area contributed by atoms with Gasteiger partial charge in [0.25, 0.3) is 5.91 Å². The number of carbonyl (C=O) groups is 2. The first-order valence-corrected chi connectivity index (χ1v) is 9.79. The average Bonchev–Trinajstić information content (AvgIpc) is 2.71. The summed E-state index contributed by atoms with van der Waals surface area (Å²) in [5.41, 5.74) is 1.10. The van der Waals surface area contributed by atoms with Gasteiger partial charge in [-0.15, -0.1) is 0 Å². The Hall–Kier alpha value is -2.98. The zero-order valence-electron chi connectivity index (χ0n) is 15.0.